The van der Waals surface area contributed by atoms with Crippen molar-refractivity contribution >= 4 is 11.9 Å². The first-order valence-electron chi connectivity index (χ1n) is 10.5. The van der Waals surface area contributed by atoms with Crippen LogP contribution in [0.2, 0.25) is 0 Å². The normalized spacial score (nSPS) is 12.3. The van der Waals surface area contributed by atoms with Gasteiger partial charge in [-0.3, -0.25) is 4.99 Å². The van der Waals surface area contributed by atoms with Gasteiger partial charge in [0.1, 0.15) is 0 Å². The summed E-state index contributed by atoms with van der Waals surface area (Å²) in [6, 6.07) is 17.5. The Balaban J connectivity index is 2.06. The van der Waals surface area contributed by atoms with Crippen LogP contribution < -0.4 is 0 Å². The van der Waals surface area contributed by atoms with Crippen molar-refractivity contribution in [3.05, 3.63) is 88.5 Å². The van der Waals surface area contributed by atoms with Crippen LogP contribution in [-0.2, 0) is 6.18 Å². The molecule has 0 unspecified atom stereocenters. The van der Waals surface area contributed by atoms with Gasteiger partial charge in [-0.1, -0.05) is 70.2 Å². The van der Waals surface area contributed by atoms with Gasteiger partial charge in [0.25, 0.3) is 0 Å². The zero-order chi connectivity index (χ0) is 22.8. The third-order valence-corrected chi connectivity index (χ3v) is 5.52. The maximum absolute atomic E-state index is 12.9. The number of hydrogen-bond donors (Lipinski definition) is 0. The predicted octanol–water partition coefficient (Wildman–Crippen LogP) is 8.68. The maximum Gasteiger partial charge on any atom is 0.416 e. The van der Waals surface area contributed by atoms with Crippen LogP contribution in [0.15, 0.2) is 65.7 Å². The molecule has 0 radical (unpaired) electrons. The van der Waals surface area contributed by atoms with Crippen LogP contribution in [0.1, 0.15) is 67.3 Å². The molecular weight excluding hydrogens is 395 g/mol. The number of alkyl halides is 3. The van der Waals surface area contributed by atoms with E-state index < -0.39 is 11.7 Å². The molecule has 0 aliphatic rings. The van der Waals surface area contributed by atoms with E-state index >= 15 is 0 Å². The molecule has 3 aromatic rings. The molecule has 0 atom stereocenters. The van der Waals surface area contributed by atoms with E-state index in [-0.39, 0.29) is 0 Å². The van der Waals surface area contributed by atoms with Crippen LogP contribution in [0.4, 0.5) is 18.9 Å². The van der Waals surface area contributed by atoms with Crippen LogP contribution in [0.3, 0.4) is 0 Å². The summed E-state index contributed by atoms with van der Waals surface area (Å²) in [5, 5.41) is 0. The fourth-order valence-corrected chi connectivity index (χ4v) is 3.60. The zero-order valence-corrected chi connectivity index (χ0v) is 18.6. The van der Waals surface area contributed by atoms with Crippen molar-refractivity contribution in [2.75, 3.05) is 0 Å². The van der Waals surface area contributed by atoms with Crippen molar-refractivity contribution < 1.29 is 13.2 Å². The van der Waals surface area contributed by atoms with Crippen molar-refractivity contribution in [3.63, 3.8) is 0 Å². The van der Waals surface area contributed by atoms with Crippen LogP contribution >= 0.6 is 0 Å². The minimum atomic E-state index is -4.34. The number of aryl methyl sites for hydroxylation is 1. The third-order valence-electron chi connectivity index (χ3n) is 5.52. The zero-order valence-electron chi connectivity index (χ0n) is 18.6. The summed E-state index contributed by atoms with van der Waals surface area (Å²) < 4.78 is 38.8. The molecule has 0 aromatic heterocycles. The third kappa shape index (κ3) is 5.25. The van der Waals surface area contributed by atoms with E-state index in [2.05, 4.69) is 45.9 Å². The average molecular weight is 424 g/mol. The van der Waals surface area contributed by atoms with Crippen molar-refractivity contribution in [1.29, 1.82) is 0 Å². The van der Waals surface area contributed by atoms with Gasteiger partial charge in [0.05, 0.1) is 11.3 Å². The molecule has 0 aliphatic carbocycles. The summed E-state index contributed by atoms with van der Waals surface area (Å²) in [5.74, 6) is 0.732. The highest BCUT2D eigenvalue weighted by molar-refractivity contribution is 5.93. The summed E-state index contributed by atoms with van der Waals surface area (Å²) >= 11 is 0. The van der Waals surface area contributed by atoms with Gasteiger partial charge >= 0.3 is 6.18 Å². The topological polar surface area (TPSA) is 12.4 Å². The molecule has 1 nitrogen and oxygen atoms in total. The van der Waals surface area contributed by atoms with Crippen molar-refractivity contribution in [1.82, 2.24) is 0 Å². The molecule has 0 spiro atoms. The maximum atomic E-state index is 12.9. The van der Waals surface area contributed by atoms with Crippen molar-refractivity contribution in [2.24, 2.45) is 4.99 Å². The van der Waals surface area contributed by atoms with Gasteiger partial charge in [-0.2, -0.15) is 13.2 Å². The lowest BCUT2D eigenvalue weighted by Crippen LogP contribution is -2.04. The molecule has 4 heteroatoms. The fraction of sp³-hybridized carbons (Fsp3) is 0.296. The fourth-order valence-electron chi connectivity index (χ4n) is 3.60. The number of halogens is 3. The highest BCUT2D eigenvalue weighted by Gasteiger charge is 2.30. The first kappa shape index (κ1) is 22.8. The SMILES string of the molecule is Cc1cccc(-c2ccc(C(F)(F)F)cc2)c1C=Nc1cc(C(C)C)ccc1C(C)C. The van der Waals surface area contributed by atoms with Gasteiger partial charge < -0.3 is 0 Å². The van der Waals surface area contributed by atoms with Gasteiger partial charge in [0.2, 0.25) is 0 Å². The van der Waals surface area contributed by atoms with E-state index in [1.54, 1.807) is 0 Å². The average Bonchev–Trinajstić information content (AvgIpc) is 2.71. The Morgan fingerprint density at radius 1 is 0.839 bits per heavy atom. The van der Waals surface area contributed by atoms with E-state index in [0.29, 0.717) is 11.8 Å². The molecule has 162 valence electrons. The number of rotatable bonds is 5. The van der Waals surface area contributed by atoms with E-state index in [4.69, 9.17) is 4.99 Å². The molecule has 3 aromatic carbocycles. The molecule has 0 amide bonds. The van der Waals surface area contributed by atoms with E-state index in [0.717, 1.165) is 40.1 Å². The summed E-state index contributed by atoms with van der Waals surface area (Å²) in [4.78, 5) is 4.84. The van der Waals surface area contributed by atoms with Gasteiger partial charge in [0.15, 0.2) is 0 Å². The second kappa shape index (κ2) is 9.09. The molecule has 0 heterocycles. The smallest absolute Gasteiger partial charge is 0.256 e. The first-order chi connectivity index (χ1) is 14.6. The summed E-state index contributed by atoms with van der Waals surface area (Å²) in [6.45, 7) is 10.6. The number of aliphatic imine (C=N–C) groups is 1. The summed E-state index contributed by atoms with van der Waals surface area (Å²) in [7, 11) is 0. The van der Waals surface area contributed by atoms with E-state index in [9.17, 15) is 13.2 Å². The highest BCUT2D eigenvalue weighted by atomic mass is 19.4. The van der Waals surface area contributed by atoms with Gasteiger partial charge in [0, 0.05) is 11.8 Å². The molecule has 0 N–H and O–H groups in total. The highest BCUT2D eigenvalue weighted by Crippen LogP contribution is 2.33. The van der Waals surface area contributed by atoms with Crippen LogP contribution in [-0.4, -0.2) is 6.21 Å². The van der Waals surface area contributed by atoms with Gasteiger partial charge in [-0.25, -0.2) is 0 Å². The predicted molar refractivity (Wildman–Crippen MR) is 123 cm³/mol. The van der Waals surface area contributed by atoms with Crippen LogP contribution in [0.25, 0.3) is 11.1 Å². The summed E-state index contributed by atoms with van der Waals surface area (Å²) in [6.07, 6.45) is -2.50. The molecule has 0 saturated carbocycles. The number of nitrogens with zero attached hydrogens (tertiary/aromatic N) is 1. The standard InChI is InChI=1S/C27H28F3N/c1-17(2)21-11-14-23(18(3)4)26(15-21)31-16-25-19(5)7-6-8-24(25)20-9-12-22(13-10-20)27(28,29)30/h6-18H,1-5H3. The van der Waals surface area contributed by atoms with Crippen LogP contribution in [0, 0.1) is 6.92 Å². The largest absolute Gasteiger partial charge is 0.416 e. The molecule has 0 fully saturated rings. The lowest BCUT2D eigenvalue weighted by molar-refractivity contribution is -0.137. The molecule has 3 rings (SSSR count). The Morgan fingerprint density at radius 3 is 2.10 bits per heavy atom. The van der Waals surface area contributed by atoms with Gasteiger partial charge in [-0.15, -0.1) is 0 Å². The quantitative estimate of drug-likeness (QED) is 0.364. The molecule has 0 aliphatic heterocycles. The Bertz CT molecular complexity index is 1070. The molecular formula is C27H28F3N. The van der Waals surface area contributed by atoms with Crippen molar-refractivity contribution in [3.8, 4) is 11.1 Å². The van der Waals surface area contributed by atoms with Crippen molar-refractivity contribution in [2.45, 2.75) is 52.6 Å². The lowest BCUT2D eigenvalue weighted by atomic mass is 9.94. The monoisotopic (exact) mass is 423 g/mol. The van der Waals surface area contributed by atoms with Crippen LogP contribution in [0.5, 0.6) is 0 Å². The number of hydrogen-bond acceptors (Lipinski definition) is 1. The molecule has 31 heavy (non-hydrogen) atoms. The Labute approximate surface area is 182 Å². The minimum Gasteiger partial charge on any atom is -0.256 e. The molecule has 0 bridgehead atoms. The summed E-state index contributed by atoms with van der Waals surface area (Å²) in [5.41, 5.74) is 6.21. The Kier molecular flexibility index (Phi) is 6.68. The lowest BCUT2D eigenvalue weighted by Gasteiger charge is -2.14. The second-order valence-corrected chi connectivity index (χ2v) is 8.50. The van der Waals surface area contributed by atoms with E-state index in [1.165, 1.54) is 23.3 Å². The Hall–Kier alpha value is -2.88. The second-order valence-electron chi connectivity index (χ2n) is 8.50. The first-order valence-corrected chi connectivity index (χ1v) is 10.5. The van der Waals surface area contributed by atoms with Gasteiger partial charge in [-0.05, 0) is 64.8 Å². The molecule has 0 saturated heterocycles. The minimum absolute atomic E-state index is 0.333. The Morgan fingerprint density at radius 2 is 1.52 bits per heavy atom. The van der Waals surface area contributed by atoms with E-state index in [1.807, 2.05) is 31.3 Å². The number of benzene rings is 3.